The van der Waals surface area contributed by atoms with Crippen LogP contribution < -0.4 is 15.0 Å². The number of nitrogens with one attached hydrogen (secondary N) is 2. The quantitative estimate of drug-likeness (QED) is 0.651. The molecule has 1 heterocycles. The Kier molecular flexibility index (Phi) is 5.47. The van der Waals surface area contributed by atoms with Gasteiger partial charge in [-0.1, -0.05) is 32.9 Å². The van der Waals surface area contributed by atoms with Crippen molar-refractivity contribution in [2.24, 2.45) is 5.41 Å². The summed E-state index contributed by atoms with van der Waals surface area (Å²) in [6.45, 7) is 6.86. The summed E-state index contributed by atoms with van der Waals surface area (Å²) in [5, 5.41) is 0.636. The van der Waals surface area contributed by atoms with E-state index in [1.165, 1.54) is 18.2 Å². The number of rotatable bonds is 6. The maximum Gasteiger partial charge on any atom is 0.262 e. The Morgan fingerprint density at radius 2 is 1.79 bits per heavy atom. The highest BCUT2D eigenvalue weighted by atomic mass is 32.2. The van der Waals surface area contributed by atoms with E-state index >= 15 is 0 Å². The molecule has 0 amide bonds. The van der Waals surface area contributed by atoms with Gasteiger partial charge >= 0.3 is 0 Å². The van der Waals surface area contributed by atoms with Crippen LogP contribution in [-0.4, -0.2) is 20.0 Å². The molecule has 0 atom stereocenters. The van der Waals surface area contributed by atoms with Gasteiger partial charge in [0.05, 0.1) is 17.2 Å². The van der Waals surface area contributed by atoms with Crippen molar-refractivity contribution in [1.29, 1.82) is 0 Å². The number of para-hydroxylation sites is 2. The molecule has 0 unspecified atom stereocenters. The van der Waals surface area contributed by atoms with E-state index in [-0.39, 0.29) is 15.9 Å². The molecule has 0 radical (unpaired) electrons. The molecule has 0 spiro atoms. The van der Waals surface area contributed by atoms with Crippen LogP contribution in [0.5, 0.6) is 5.75 Å². The van der Waals surface area contributed by atoms with Crippen LogP contribution in [0.1, 0.15) is 27.2 Å². The van der Waals surface area contributed by atoms with E-state index in [2.05, 4.69) is 30.5 Å². The van der Waals surface area contributed by atoms with Crippen molar-refractivity contribution >= 4 is 26.6 Å². The van der Waals surface area contributed by atoms with Crippen molar-refractivity contribution in [1.82, 2.24) is 4.98 Å². The molecule has 0 aliphatic carbocycles. The number of benzene rings is 2. The smallest absolute Gasteiger partial charge is 0.262 e. The zero-order valence-corrected chi connectivity index (χ0v) is 17.0. The number of anilines is 1. The number of H-pyrrole nitrogens is 1. The summed E-state index contributed by atoms with van der Waals surface area (Å²) in [4.78, 5) is 14.2. The molecule has 1 aromatic heterocycles. The molecule has 0 bridgehead atoms. The highest BCUT2D eigenvalue weighted by Gasteiger charge is 2.18. The van der Waals surface area contributed by atoms with E-state index in [4.69, 9.17) is 4.74 Å². The van der Waals surface area contributed by atoms with Crippen LogP contribution in [0.2, 0.25) is 0 Å². The third-order valence-corrected chi connectivity index (χ3v) is 5.61. The monoisotopic (exact) mass is 400 g/mol. The van der Waals surface area contributed by atoms with Crippen LogP contribution in [0.15, 0.2) is 64.3 Å². The summed E-state index contributed by atoms with van der Waals surface area (Å²) in [6.07, 6.45) is 0.844. The van der Waals surface area contributed by atoms with Gasteiger partial charge in [0.25, 0.3) is 10.0 Å². The zero-order valence-electron chi connectivity index (χ0n) is 16.2. The fourth-order valence-electron chi connectivity index (χ4n) is 2.65. The lowest BCUT2D eigenvalue weighted by molar-refractivity contribution is 0.244. The van der Waals surface area contributed by atoms with E-state index in [9.17, 15) is 13.2 Å². The van der Waals surface area contributed by atoms with Crippen molar-refractivity contribution in [2.45, 2.75) is 32.1 Å². The largest absolute Gasteiger partial charge is 0.491 e. The second kappa shape index (κ2) is 7.67. The average molecular weight is 401 g/mol. The lowest BCUT2D eigenvalue weighted by atomic mass is 9.93. The van der Waals surface area contributed by atoms with E-state index in [0.29, 0.717) is 28.9 Å². The number of ether oxygens (including phenoxy) is 1. The summed E-state index contributed by atoms with van der Waals surface area (Å²) in [5.74, 6) is 0.487. The highest BCUT2D eigenvalue weighted by molar-refractivity contribution is 7.92. The number of hydrogen-bond donors (Lipinski definition) is 2. The van der Waals surface area contributed by atoms with Crippen LogP contribution in [0, 0.1) is 5.41 Å². The molecule has 0 saturated carbocycles. The molecular weight excluding hydrogens is 376 g/mol. The van der Waals surface area contributed by atoms with Gasteiger partial charge in [-0.05, 0) is 53.6 Å². The maximum absolute atomic E-state index is 12.9. The van der Waals surface area contributed by atoms with Gasteiger partial charge in [0.1, 0.15) is 5.75 Å². The zero-order chi connectivity index (χ0) is 20.4. The predicted molar refractivity (Wildman–Crippen MR) is 111 cm³/mol. The Morgan fingerprint density at radius 1 is 1.04 bits per heavy atom. The van der Waals surface area contributed by atoms with E-state index in [1.54, 1.807) is 36.4 Å². The Bertz CT molecular complexity index is 1140. The molecule has 2 N–H and O–H groups in total. The molecule has 3 aromatic rings. The topological polar surface area (TPSA) is 88.3 Å². The lowest BCUT2D eigenvalue weighted by Crippen LogP contribution is -2.15. The SMILES string of the molecule is CC(C)(C)CCOc1ccccc1NS(=O)(=O)c1ccc2[nH]c(=O)ccc2c1. The Hall–Kier alpha value is -2.80. The first kappa shape index (κ1) is 19.9. The predicted octanol–water partition coefficient (Wildman–Crippen LogP) is 4.14. The summed E-state index contributed by atoms with van der Waals surface area (Å²) in [7, 11) is -3.81. The third kappa shape index (κ3) is 4.92. The van der Waals surface area contributed by atoms with Crippen molar-refractivity contribution in [3.05, 3.63) is 65.0 Å². The van der Waals surface area contributed by atoms with Crippen LogP contribution in [0.25, 0.3) is 10.9 Å². The van der Waals surface area contributed by atoms with E-state index < -0.39 is 10.0 Å². The van der Waals surface area contributed by atoms with Gasteiger partial charge in [-0.2, -0.15) is 0 Å². The maximum atomic E-state index is 12.9. The molecular formula is C21H24N2O4S. The minimum Gasteiger partial charge on any atom is -0.491 e. The van der Waals surface area contributed by atoms with Crippen LogP contribution in [0.4, 0.5) is 5.69 Å². The molecule has 2 aromatic carbocycles. The molecule has 0 saturated heterocycles. The average Bonchev–Trinajstić information content (AvgIpc) is 2.61. The molecule has 3 rings (SSSR count). The fraction of sp³-hybridized carbons (Fsp3) is 0.286. The van der Waals surface area contributed by atoms with Gasteiger partial charge in [-0.3, -0.25) is 9.52 Å². The number of aromatic amines is 1. The summed E-state index contributed by atoms with van der Waals surface area (Å²) < 4.78 is 34.1. The van der Waals surface area contributed by atoms with Gasteiger partial charge in [0, 0.05) is 11.6 Å². The first-order valence-corrected chi connectivity index (χ1v) is 10.5. The fourth-order valence-corrected chi connectivity index (χ4v) is 3.75. The standard InChI is InChI=1S/C21H24N2O4S/c1-21(2,3)12-13-27-19-7-5-4-6-18(19)23-28(25,26)16-9-10-17-15(14-16)8-11-20(24)22-17/h4-11,14,23H,12-13H2,1-3H3,(H,22,24). The first-order chi connectivity index (χ1) is 13.1. The minimum atomic E-state index is -3.81. The number of fused-ring (bicyclic) bond motifs is 1. The Labute approximate surface area is 164 Å². The minimum absolute atomic E-state index is 0.108. The molecule has 0 aliphatic heterocycles. The summed E-state index contributed by atoms with van der Waals surface area (Å²) in [5.41, 5.74) is 0.860. The highest BCUT2D eigenvalue weighted by Crippen LogP contribution is 2.28. The molecule has 6 nitrogen and oxygen atoms in total. The Morgan fingerprint density at radius 3 is 2.54 bits per heavy atom. The number of pyridine rings is 1. The van der Waals surface area contributed by atoms with Gasteiger partial charge < -0.3 is 9.72 Å². The summed E-state index contributed by atoms with van der Waals surface area (Å²) >= 11 is 0. The molecule has 0 fully saturated rings. The van der Waals surface area contributed by atoms with E-state index in [0.717, 1.165) is 6.42 Å². The van der Waals surface area contributed by atoms with Gasteiger partial charge in [-0.25, -0.2) is 8.42 Å². The molecule has 7 heteroatoms. The number of hydrogen-bond acceptors (Lipinski definition) is 4. The molecule has 28 heavy (non-hydrogen) atoms. The van der Waals surface area contributed by atoms with Gasteiger partial charge in [0.15, 0.2) is 0 Å². The van der Waals surface area contributed by atoms with Crippen molar-refractivity contribution in [3.8, 4) is 5.75 Å². The van der Waals surface area contributed by atoms with Gasteiger partial charge in [0.2, 0.25) is 5.56 Å². The second-order valence-electron chi connectivity index (χ2n) is 7.83. The van der Waals surface area contributed by atoms with Crippen LogP contribution in [0.3, 0.4) is 0 Å². The van der Waals surface area contributed by atoms with Crippen molar-refractivity contribution in [3.63, 3.8) is 0 Å². The molecule has 0 aliphatic rings. The van der Waals surface area contributed by atoms with Crippen molar-refractivity contribution in [2.75, 3.05) is 11.3 Å². The van der Waals surface area contributed by atoms with E-state index in [1.807, 2.05) is 0 Å². The molecule has 148 valence electrons. The first-order valence-electron chi connectivity index (χ1n) is 9.02. The number of sulfonamides is 1. The summed E-state index contributed by atoms with van der Waals surface area (Å²) in [6, 6.07) is 14.5. The number of aromatic nitrogens is 1. The Balaban J connectivity index is 1.84. The van der Waals surface area contributed by atoms with Crippen molar-refractivity contribution < 1.29 is 13.2 Å². The van der Waals surface area contributed by atoms with Gasteiger partial charge in [-0.15, -0.1) is 0 Å². The van der Waals surface area contributed by atoms with Crippen LogP contribution in [-0.2, 0) is 10.0 Å². The lowest BCUT2D eigenvalue weighted by Gasteiger charge is -2.19. The van der Waals surface area contributed by atoms with Crippen LogP contribution >= 0.6 is 0 Å². The third-order valence-electron chi connectivity index (χ3n) is 4.25. The second-order valence-corrected chi connectivity index (χ2v) is 9.51. The normalized spacial score (nSPS) is 12.1.